The number of benzene rings is 2. The van der Waals surface area contributed by atoms with Gasteiger partial charge in [0.1, 0.15) is 13.1 Å². The number of carbonyl (C=O) groups excluding carboxylic acids is 2. The third-order valence-electron chi connectivity index (χ3n) is 3.58. The van der Waals surface area contributed by atoms with E-state index >= 15 is 0 Å². The van der Waals surface area contributed by atoms with Crippen LogP contribution in [0.4, 0.5) is 5.69 Å². The molecule has 1 heterocycles. The van der Waals surface area contributed by atoms with Crippen LogP contribution in [0.5, 0.6) is 11.5 Å². The van der Waals surface area contributed by atoms with Gasteiger partial charge in [-0.2, -0.15) is 5.10 Å². The van der Waals surface area contributed by atoms with E-state index in [1.54, 1.807) is 24.3 Å². The molecule has 2 amide bonds. The highest BCUT2D eigenvalue weighted by Crippen LogP contribution is 2.24. The normalized spacial score (nSPS) is 15.3. The van der Waals surface area contributed by atoms with Gasteiger partial charge in [0.25, 0.3) is 5.91 Å². The molecule has 0 radical (unpaired) electrons. The zero-order chi connectivity index (χ0) is 17.1. The minimum absolute atomic E-state index is 0.0823. The number of nitrogens with zero attached hydrogens (tertiary/aromatic N) is 3. The van der Waals surface area contributed by atoms with E-state index in [4.69, 9.17) is 0 Å². The zero-order valence-electron chi connectivity index (χ0n) is 12.7. The van der Waals surface area contributed by atoms with E-state index < -0.39 is 0 Å². The summed E-state index contributed by atoms with van der Waals surface area (Å²) in [6, 6.07) is 13.1. The summed E-state index contributed by atoms with van der Waals surface area (Å²) in [5, 5.41) is 23.8. The zero-order valence-corrected chi connectivity index (χ0v) is 12.7. The van der Waals surface area contributed by atoms with Crippen LogP contribution in [0.3, 0.4) is 0 Å². The summed E-state index contributed by atoms with van der Waals surface area (Å²) in [5.41, 5.74) is 1.17. The second kappa shape index (κ2) is 6.41. The number of carbonyl (C=O) groups is 2. The Morgan fingerprint density at radius 2 is 1.67 bits per heavy atom. The second-order valence-corrected chi connectivity index (χ2v) is 5.26. The van der Waals surface area contributed by atoms with Crippen LogP contribution in [0.1, 0.15) is 5.56 Å². The van der Waals surface area contributed by atoms with Crippen molar-refractivity contribution in [3.8, 4) is 11.5 Å². The van der Waals surface area contributed by atoms with Crippen LogP contribution in [0.2, 0.25) is 0 Å². The number of hydrogen-bond donors (Lipinski definition) is 2. The van der Waals surface area contributed by atoms with E-state index in [2.05, 4.69) is 5.10 Å². The minimum Gasteiger partial charge on any atom is -0.504 e. The number of phenols is 2. The summed E-state index contributed by atoms with van der Waals surface area (Å²) in [6.45, 7) is -0.241. The summed E-state index contributed by atoms with van der Waals surface area (Å²) in [7, 11) is 0. The molecule has 2 N–H and O–H groups in total. The molecule has 0 aliphatic carbocycles. The molecule has 1 aliphatic heterocycles. The molecule has 3 rings (SSSR count). The summed E-state index contributed by atoms with van der Waals surface area (Å²) in [6.07, 6.45) is 1.35. The first-order chi connectivity index (χ1) is 11.5. The molecule has 0 aromatic heterocycles. The largest absolute Gasteiger partial charge is 0.504 e. The SMILES string of the molecule is O=C1CN(c2ccccc2)C(=O)CN1/N=C\c1ccc(O)c(O)c1. The van der Waals surface area contributed by atoms with Crippen LogP contribution in [0.25, 0.3) is 0 Å². The van der Waals surface area contributed by atoms with Crippen LogP contribution < -0.4 is 4.90 Å². The van der Waals surface area contributed by atoms with Crippen LogP contribution >= 0.6 is 0 Å². The van der Waals surface area contributed by atoms with Crippen molar-refractivity contribution < 1.29 is 19.8 Å². The lowest BCUT2D eigenvalue weighted by molar-refractivity contribution is -0.138. The molecule has 24 heavy (non-hydrogen) atoms. The molecule has 1 fully saturated rings. The van der Waals surface area contributed by atoms with E-state index in [0.717, 1.165) is 5.01 Å². The molecular weight excluding hydrogens is 310 g/mol. The average Bonchev–Trinajstić information content (AvgIpc) is 2.59. The van der Waals surface area contributed by atoms with Crippen LogP contribution in [0, 0.1) is 0 Å². The number of rotatable bonds is 3. The van der Waals surface area contributed by atoms with E-state index in [-0.39, 0.29) is 36.4 Å². The molecule has 0 unspecified atom stereocenters. The standard InChI is InChI=1S/C17H15N3O4/c21-14-7-6-12(8-15(14)22)9-18-20-11-16(23)19(10-17(20)24)13-4-2-1-3-5-13/h1-9,21-22H,10-11H2/b18-9-. The Morgan fingerprint density at radius 3 is 2.38 bits per heavy atom. The molecule has 0 bridgehead atoms. The van der Waals surface area contributed by atoms with Gasteiger partial charge in [-0.15, -0.1) is 0 Å². The lowest BCUT2D eigenvalue weighted by Crippen LogP contribution is -2.52. The molecular formula is C17H15N3O4. The molecule has 0 saturated carbocycles. The van der Waals surface area contributed by atoms with Gasteiger partial charge in [-0.25, -0.2) is 5.01 Å². The minimum atomic E-state index is -0.308. The van der Waals surface area contributed by atoms with Crippen molar-refractivity contribution in [2.45, 2.75) is 0 Å². The maximum atomic E-state index is 12.2. The predicted molar refractivity (Wildman–Crippen MR) is 87.9 cm³/mol. The Labute approximate surface area is 138 Å². The number of aromatic hydroxyl groups is 2. The van der Waals surface area contributed by atoms with Gasteiger partial charge in [-0.1, -0.05) is 18.2 Å². The molecule has 122 valence electrons. The first-order valence-corrected chi connectivity index (χ1v) is 7.26. The lowest BCUT2D eigenvalue weighted by atomic mass is 10.2. The highest BCUT2D eigenvalue weighted by atomic mass is 16.3. The molecule has 1 saturated heterocycles. The number of phenolic OH excluding ortho intramolecular Hbond substituents is 2. The smallest absolute Gasteiger partial charge is 0.263 e. The fraction of sp³-hybridized carbons (Fsp3) is 0.118. The third-order valence-corrected chi connectivity index (χ3v) is 3.58. The third kappa shape index (κ3) is 3.19. The van der Waals surface area contributed by atoms with Crippen molar-refractivity contribution in [2.24, 2.45) is 5.10 Å². The lowest BCUT2D eigenvalue weighted by Gasteiger charge is -2.31. The van der Waals surface area contributed by atoms with Gasteiger partial charge in [-0.3, -0.25) is 9.59 Å². The highest BCUT2D eigenvalue weighted by molar-refractivity contribution is 6.04. The Morgan fingerprint density at radius 1 is 0.917 bits per heavy atom. The van der Waals surface area contributed by atoms with E-state index in [1.807, 2.05) is 6.07 Å². The van der Waals surface area contributed by atoms with Crippen molar-refractivity contribution in [3.63, 3.8) is 0 Å². The summed E-state index contributed by atoms with van der Waals surface area (Å²) in [5.74, 6) is -1.06. The Hall–Kier alpha value is -3.35. The summed E-state index contributed by atoms with van der Waals surface area (Å²) >= 11 is 0. The fourth-order valence-corrected chi connectivity index (χ4v) is 2.31. The summed E-state index contributed by atoms with van der Waals surface area (Å²) < 4.78 is 0. The van der Waals surface area contributed by atoms with Crippen molar-refractivity contribution in [1.82, 2.24) is 5.01 Å². The van der Waals surface area contributed by atoms with Gasteiger partial charge in [0.05, 0.1) is 6.21 Å². The molecule has 7 heteroatoms. The average molecular weight is 325 g/mol. The highest BCUT2D eigenvalue weighted by Gasteiger charge is 2.30. The number of hydrogen-bond acceptors (Lipinski definition) is 5. The van der Waals surface area contributed by atoms with Gasteiger partial charge in [0, 0.05) is 5.69 Å². The van der Waals surface area contributed by atoms with Gasteiger partial charge < -0.3 is 15.1 Å². The molecule has 0 atom stereocenters. The number of piperazine rings is 1. The van der Waals surface area contributed by atoms with Crippen molar-refractivity contribution in [3.05, 3.63) is 54.1 Å². The van der Waals surface area contributed by atoms with E-state index in [1.165, 1.54) is 29.3 Å². The maximum absolute atomic E-state index is 12.2. The van der Waals surface area contributed by atoms with Crippen molar-refractivity contribution >= 4 is 23.7 Å². The Bertz CT molecular complexity index is 805. The van der Waals surface area contributed by atoms with Gasteiger partial charge in [0.15, 0.2) is 11.5 Å². The quantitative estimate of drug-likeness (QED) is 0.657. The maximum Gasteiger partial charge on any atom is 0.263 e. The van der Waals surface area contributed by atoms with Gasteiger partial charge in [0.2, 0.25) is 5.91 Å². The summed E-state index contributed by atoms with van der Waals surface area (Å²) in [4.78, 5) is 25.9. The van der Waals surface area contributed by atoms with Crippen LogP contribution in [0.15, 0.2) is 53.6 Å². The Kier molecular flexibility index (Phi) is 4.15. The van der Waals surface area contributed by atoms with Crippen LogP contribution in [-0.2, 0) is 9.59 Å². The first kappa shape index (κ1) is 15.5. The van der Waals surface area contributed by atoms with Crippen molar-refractivity contribution in [1.29, 1.82) is 0 Å². The molecule has 1 aliphatic rings. The van der Waals surface area contributed by atoms with E-state index in [0.29, 0.717) is 11.3 Å². The second-order valence-electron chi connectivity index (χ2n) is 5.26. The monoisotopic (exact) mass is 325 g/mol. The number of para-hydroxylation sites is 1. The van der Waals surface area contributed by atoms with Gasteiger partial charge in [-0.05, 0) is 35.9 Å². The number of hydrazone groups is 1. The molecule has 2 aromatic carbocycles. The number of anilines is 1. The van der Waals surface area contributed by atoms with Gasteiger partial charge >= 0.3 is 0 Å². The Balaban J connectivity index is 1.73. The molecule has 2 aromatic rings. The number of amides is 2. The first-order valence-electron chi connectivity index (χ1n) is 7.26. The predicted octanol–water partition coefficient (Wildman–Crippen LogP) is 1.31. The topological polar surface area (TPSA) is 93.4 Å². The molecule has 7 nitrogen and oxygen atoms in total. The van der Waals surface area contributed by atoms with Crippen LogP contribution in [-0.4, -0.2) is 46.3 Å². The molecule has 0 spiro atoms. The fourth-order valence-electron chi connectivity index (χ4n) is 2.31. The van der Waals surface area contributed by atoms with E-state index in [9.17, 15) is 19.8 Å². The van der Waals surface area contributed by atoms with Crippen molar-refractivity contribution in [2.75, 3.05) is 18.0 Å².